The Morgan fingerprint density at radius 2 is 1.67 bits per heavy atom. The minimum atomic E-state index is -0.304. The minimum Gasteiger partial charge on any atom is -0.399 e. The fourth-order valence-corrected chi connectivity index (χ4v) is 3.24. The molecule has 0 aliphatic carbocycles. The first kappa shape index (κ1) is 17.1. The summed E-state index contributed by atoms with van der Waals surface area (Å²) in [6.45, 7) is 1.92. The number of aryl methyl sites for hydroxylation is 1. The van der Waals surface area contributed by atoms with E-state index in [4.69, 9.17) is 23.7 Å². The van der Waals surface area contributed by atoms with Crippen LogP contribution in [0.4, 0.5) is 10.1 Å². The third-order valence-corrected chi connectivity index (χ3v) is 4.56. The topological polar surface area (TPSA) is 82.2 Å². The molecule has 0 aliphatic rings. The van der Waals surface area contributed by atoms with E-state index in [9.17, 15) is 4.39 Å². The zero-order chi connectivity index (χ0) is 19.1. The Morgan fingerprint density at radius 1 is 1.04 bits per heavy atom. The van der Waals surface area contributed by atoms with Crippen molar-refractivity contribution < 1.29 is 4.39 Å². The molecular formula is C20H16FN5S. The molecule has 0 atom stereocenters. The highest BCUT2D eigenvalue weighted by Crippen LogP contribution is 2.29. The number of halogens is 1. The van der Waals surface area contributed by atoms with Crippen LogP contribution in [0.2, 0.25) is 0 Å². The zero-order valence-corrected chi connectivity index (χ0v) is 15.3. The summed E-state index contributed by atoms with van der Waals surface area (Å²) in [5.41, 5.74) is 16.9. The fourth-order valence-electron chi connectivity index (χ4n) is 3.04. The Hall–Kier alpha value is -3.32. The van der Waals surface area contributed by atoms with E-state index in [1.165, 1.54) is 12.1 Å². The lowest BCUT2D eigenvalue weighted by atomic mass is 10.00. The Balaban J connectivity index is 1.98. The van der Waals surface area contributed by atoms with Gasteiger partial charge in [-0.25, -0.2) is 13.9 Å². The van der Waals surface area contributed by atoms with Crippen molar-refractivity contribution in [2.75, 3.05) is 5.73 Å². The molecule has 4 rings (SSSR count). The maximum absolute atomic E-state index is 13.3. The van der Waals surface area contributed by atoms with Crippen LogP contribution in [-0.4, -0.2) is 19.6 Å². The highest BCUT2D eigenvalue weighted by molar-refractivity contribution is 7.80. The highest BCUT2D eigenvalue weighted by Gasteiger charge is 2.19. The summed E-state index contributed by atoms with van der Waals surface area (Å²) in [6, 6.07) is 15.4. The second-order valence-corrected chi connectivity index (χ2v) is 6.68. The molecule has 0 bridgehead atoms. The molecule has 2 heterocycles. The standard InChI is InChI=1S/C20H16FN5S/c1-11-10-16(12-2-6-14(21)7-3-12)17(18(23)27)20-24-19(25-26(11)20)13-4-8-15(22)9-5-13/h2-10H,22H2,1H3,(H2,23,27). The van der Waals surface area contributed by atoms with Gasteiger partial charge in [-0.2, -0.15) is 0 Å². The van der Waals surface area contributed by atoms with E-state index in [1.807, 2.05) is 25.1 Å². The molecule has 4 aromatic rings. The number of nitrogens with zero attached hydrogens (tertiary/aromatic N) is 3. The molecule has 0 fully saturated rings. The van der Waals surface area contributed by atoms with Crippen molar-refractivity contribution in [1.82, 2.24) is 14.6 Å². The van der Waals surface area contributed by atoms with Gasteiger partial charge in [0.15, 0.2) is 11.5 Å². The number of nitrogen functional groups attached to an aromatic ring is 1. The molecule has 0 spiro atoms. The van der Waals surface area contributed by atoms with Gasteiger partial charge in [-0.1, -0.05) is 24.4 Å². The lowest BCUT2D eigenvalue weighted by Crippen LogP contribution is -2.14. The van der Waals surface area contributed by atoms with Gasteiger partial charge < -0.3 is 11.5 Å². The van der Waals surface area contributed by atoms with Crippen molar-refractivity contribution in [2.24, 2.45) is 5.73 Å². The second-order valence-electron chi connectivity index (χ2n) is 6.24. The fraction of sp³-hybridized carbons (Fsp3) is 0.0500. The van der Waals surface area contributed by atoms with Crippen LogP contribution >= 0.6 is 12.2 Å². The van der Waals surface area contributed by atoms with Crippen LogP contribution in [0.5, 0.6) is 0 Å². The number of rotatable bonds is 3. The molecule has 134 valence electrons. The van der Waals surface area contributed by atoms with Crippen molar-refractivity contribution in [3.63, 3.8) is 0 Å². The summed E-state index contributed by atoms with van der Waals surface area (Å²) in [4.78, 5) is 4.87. The van der Waals surface area contributed by atoms with Crippen molar-refractivity contribution in [2.45, 2.75) is 6.92 Å². The Kier molecular flexibility index (Phi) is 4.08. The van der Waals surface area contributed by atoms with Crippen molar-refractivity contribution >= 4 is 28.5 Å². The molecule has 0 saturated heterocycles. The van der Waals surface area contributed by atoms with Gasteiger partial charge in [0.2, 0.25) is 0 Å². The molecule has 2 aromatic carbocycles. The monoisotopic (exact) mass is 377 g/mol. The molecule has 2 aromatic heterocycles. The van der Waals surface area contributed by atoms with Crippen LogP contribution in [-0.2, 0) is 0 Å². The van der Waals surface area contributed by atoms with Crippen LogP contribution in [0.1, 0.15) is 11.3 Å². The van der Waals surface area contributed by atoms with Crippen molar-refractivity contribution in [3.8, 4) is 22.5 Å². The molecule has 0 unspecified atom stereocenters. The molecule has 0 amide bonds. The maximum atomic E-state index is 13.3. The maximum Gasteiger partial charge on any atom is 0.182 e. The molecule has 5 nitrogen and oxygen atoms in total. The summed E-state index contributed by atoms with van der Waals surface area (Å²) in [7, 11) is 0. The van der Waals surface area contributed by atoms with Gasteiger partial charge in [-0.15, -0.1) is 5.10 Å². The number of pyridine rings is 1. The van der Waals surface area contributed by atoms with E-state index in [1.54, 1.807) is 28.8 Å². The molecule has 0 radical (unpaired) electrons. The number of anilines is 1. The average molecular weight is 377 g/mol. The predicted octanol–water partition coefficient (Wildman–Crippen LogP) is 3.73. The summed E-state index contributed by atoms with van der Waals surface area (Å²) in [5.74, 6) is 0.244. The largest absolute Gasteiger partial charge is 0.399 e. The molecule has 7 heteroatoms. The van der Waals surface area contributed by atoms with Gasteiger partial charge in [-0.3, -0.25) is 0 Å². The van der Waals surface area contributed by atoms with E-state index in [2.05, 4.69) is 10.1 Å². The Labute approximate surface area is 160 Å². The van der Waals surface area contributed by atoms with Gasteiger partial charge in [0, 0.05) is 16.9 Å². The summed E-state index contributed by atoms with van der Waals surface area (Å²) >= 11 is 5.30. The van der Waals surface area contributed by atoms with Crippen LogP contribution in [0.25, 0.3) is 28.2 Å². The number of nitrogens with two attached hydrogens (primary N) is 2. The van der Waals surface area contributed by atoms with Gasteiger partial charge in [0.1, 0.15) is 10.8 Å². The quantitative estimate of drug-likeness (QED) is 0.420. The van der Waals surface area contributed by atoms with Crippen molar-refractivity contribution in [3.05, 3.63) is 71.7 Å². The van der Waals surface area contributed by atoms with Crippen LogP contribution < -0.4 is 11.5 Å². The van der Waals surface area contributed by atoms with Gasteiger partial charge >= 0.3 is 0 Å². The van der Waals surface area contributed by atoms with Gasteiger partial charge in [0.25, 0.3) is 0 Å². The van der Waals surface area contributed by atoms with E-state index in [-0.39, 0.29) is 10.8 Å². The second kappa shape index (κ2) is 6.44. The van der Waals surface area contributed by atoms with Gasteiger partial charge in [0.05, 0.1) is 5.56 Å². The highest BCUT2D eigenvalue weighted by atomic mass is 32.1. The van der Waals surface area contributed by atoms with E-state index in [0.717, 1.165) is 22.4 Å². The lowest BCUT2D eigenvalue weighted by Gasteiger charge is -2.11. The van der Waals surface area contributed by atoms with Crippen LogP contribution in [0, 0.1) is 12.7 Å². The first-order chi connectivity index (χ1) is 12.9. The molecule has 0 aliphatic heterocycles. The number of hydrogen-bond donors (Lipinski definition) is 2. The number of hydrogen-bond acceptors (Lipinski definition) is 4. The molecule has 4 N–H and O–H groups in total. The molecule has 27 heavy (non-hydrogen) atoms. The number of benzene rings is 2. The molecular weight excluding hydrogens is 361 g/mol. The smallest absolute Gasteiger partial charge is 0.182 e. The predicted molar refractivity (Wildman–Crippen MR) is 109 cm³/mol. The minimum absolute atomic E-state index is 0.204. The van der Waals surface area contributed by atoms with Gasteiger partial charge in [-0.05, 0) is 60.5 Å². The average Bonchev–Trinajstić information content (AvgIpc) is 3.08. The zero-order valence-electron chi connectivity index (χ0n) is 14.5. The first-order valence-electron chi connectivity index (χ1n) is 8.26. The summed E-state index contributed by atoms with van der Waals surface area (Å²) in [6.07, 6.45) is 0. The lowest BCUT2D eigenvalue weighted by molar-refractivity contribution is 0.628. The summed E-state index contributed by atoms with van der Waals surface area (Å²) in [5, 5.41) is 4.59. The summed E-state index contributed by atoms with van der Waals surface area (Å²) < 4.78 is 15.0. The van der Waals surface area contributed by atoms with E-state index < -0.39 is 0 Å². The van der Waals surface area contributed by atoms with E-state index >= 15 is 0 Å². The SMILES string of the molecule is Cc1cc(-c2ccc(F)cc2)c(C(N)=S)c2nc(-c3ccc(N)cc3)nn12. The Morgan fingerprint density at radius 3 is 2.30 bits per heavy atom. The van der Waals surface area contributed by atoms with Crippen molar-refractivity contribution in [1.29, 1.82) is 0 Å². The first-order valence-corrected chi connectivity index (χ1v) is 8.67. The van der Waals surface area contributed by atoms with E-state index in [0.29, 0.717) is 22.7 Å². The van der Waals surface area contributed by atoms with Crippen LogP contribution in [0.15, 0.2) is 54.6 Å². The third-order valence-electron chi connectivity index (χ3n) is 4.36. The Bertz CT molecular complexity index is 1160. The van der Waals surface area contributed by atoms with Crippen LogP contribution in [0.3, 0.4) is 0 Å². The number of thiocarbonyl (C=S) groups is 1. The third kappa shape index (κ3) is 3.02. The molecule has 0 saturated carbocycles. The number of aromatic nitrogens is 3. The number of fused-ring (bicyclic) bond motifs is 1. The normalized spacial score (nSPS) is 11.0.